The first-order valence-electron chi connectivity index (χ1n) is 6.35. The third-order valence-electron chi connectivity index (χ3n) is 3.58. The van der Waals surface area contributed by atoms with Crippen LogP contribution in [0.1, 0.15) is 12.8 Å². The molecule has 0 saturated carbocycles. The summed E-state index contributed by atoms with van der Waals surface area (Å²) in [6, 6.07) is 0. The maximum Gasteiger partial charge on any atom is 0.246 e. The van der Waals surface area contributed by atoms with E-state index in [0.29, 0.717) is 12.0 Å². The second kappa shape index (κ2) is 4.59. The van der Waals surface area contributed by atoms with E-state index in [9.17, 15) is 4.79 Å². The Morgan fingerprint density at radius 3 is 3.06 bits per heavy atom. The minimum atomic E-state index is -0.320. The van der Waals surface area contributed by atoms with Crippen molar-refractivity contribution < 1.29 is 4.79 Å². The zero-order valence-corrected chi connectivity index (χ0v) is 10.4. The Hall–Kier alpha value is -1.59. The minimum absolute atomic E-state index is 0.320. The number of hydrogen-bond donors (Lipinski definition) is 1. The van der Waals surface area contributed by atoms with Gasteiger partial charge in [-0.05, 0) is 12.8 Å². The van der Waals surface area contributed by atoms with Crippen molar-refractivity contribution in [3.63, 3.8) is 0 Å². The quantitative estimate of drug-likeness (QED) is 0.680. The molecule has 3 rings (SSSR count). The van der Waals surface area contributed by atoms with Crippen molar-refractivity contribution in [3.8, 4) is 0 Å². The van der Waals surface area contributed by atoms with Crippen LogP contribution in [0.15, 0.2) is 35.7 Å². The van der Waals surface area contributed by atoms with Gasteiger partial charge in [-0.1, -0.05) is 18.2 Å². The van der Waals surface area contributed by atoms with Crippen LogP contribution in [0.2, 0.25) is 0 Å². The van der Waals surface area contributed by atoms with Gasteiger partial charge in [-0.15, -0.1) is 0 Å². The molecule has 3 aliphatic rings. The van der Waals surface area contributed by atoms with E-state index >= 15 is 0 Å². The molecule has 0 aliphatic carbocycles. The van der Waals surface area contributed by atoms with E-state index in [1.807, 2.05) is 6.20 Å². The number of primary amides is 1. The summed E-state index contributed by atoms with van der Waals surface area (Å²) in [5, 5.41) is 4.38. The lowest BCUT2D eigenvalue weighted by atomic mass is 10.1. The van der Waals surface area contributed by atoms with Gasteiger partial charge < -0.3 is 5.73 Å². The van der Waals surface area contributed by atoms with Gasteiger partial charge >= 0.3 is 0 Å². The molecule has 0 aromatic rings. The molecule has 1 amide bonds. The summed E-state index contributed by atoms with van der Waals surface area (Å²) in [6.45, 7) is 3.80. The first-order valence-corrected chi connectivity index (χ1v) is 6.35. The van der Waals surface area contributed by atoms with Crippen molar-refractivity contribution in [2.24, 2.45) is 5.73 Å². The van der Waals surface area contributed by atoms with Gasteiger partial charge in [0.25, 0.3) is 0 Å². The average Bonchev–Trinajstić information content (AvgIpc) is 2.35. The van der Waals surface area contributed by atoms with Crippen molar-refractivity contribution in [2.45, 2.75) is 12.8 Å². The fraction of sp³-hybridized carbons (Fsp3) is 0.462. The molecule has 0 radical (unpaired) electrons. The number of carbonyl (C=O) groups is 1. The molecule has 18 heavy (non-hydrogen) atoms. The first-order chi connectivity index (χ1) is 8.74. The van der Waals surface area contributed by atoms with Crippen LogP contribution in [0.5, 0.6) is 0 Å². The zero-order chi connectivity index (χ0) is 12.5. The molecule has 1 saturated heterocycles. The number of amides is 1. The van der Waals surface area contributed by atoms with Crippen molar-refractivity contribution in [3.05, 3.63) is 35.7 Å². The van der Waals surface area contributed by atoms with Crippen LogP contribution in [-0.2, 0) is 4.79 Å². The van der Waals surface area contributed by atoms with Crippen LogP contribution in [0.3, 0.4) is 0 Å². The third kappa shape index (κ3) is 2.07. The summed E-state index contributed by atoms with van der Waals surface area (Å²) in [7, 11) is 0. The molecule has 0 spiro atoms. The number of nitrogens with two attached hydrogens (primary N) is 1. The SMILES string of the molecule is NC(=O)C1=CN2C(=CC1)CN1CC=CCCN2C1. The predicted molar refractivity (Wildman–Crippen MR) is 68.7 cm³/mol. The minimum Gasteiger partial charge on any atom is -0.366 e. The molecule has 3 aliphatic heterocycles. The summed E-state index contributed by atoms with van der Waals surface area (Å²) < 4.78 is 0. The highest BCUT2D eigenvalue weighted by Gasteiger charge is 2.29. The van der Waals surface area contributed by atoms with Crippen LogP contribution >= 0.6 is 0 Å². The van der Waals surface area contributed by atoms with E-state index in [4.69, 9.17) is 5.73 Å². The van der Waals surface area contributed by atoms with E-state index < -0.39 is 0 Å². The van der Waals surface area contributed by atoms with Crippen LogP contribution in [0, 0.1) is 0 Å². The second-order valence-corrected chi connectivity index (χ2v) is 4.91. The Balaban J connectivity index is 1.87. The van der Waals surface area contributed by atoms with E-state index in [0.717, 1.165) is 32.7 Å². The van der Waals surface area contributed by atoms with E-state index in [1.165, 1.54) is 5.70 Å². The molecular weight excluding hydrogens is 228 g/mol. The summed E-state index contributed by atoms with van der Waals surface area (Å²) in [4.78, 5) is 13.7. The molecule has 0 aromatic heterocycles. The molecule has 2 atom stereocenters. The van der Waals surface area contributed by atoms with Gasteiger partial charge in [0.1, 0.15) is 0 Å². The van der Waals surface area contributed by atoms with Crippen molar-refractivity contribution in [1.82, 2.24) is 14.9 Å². The highest BCUT2D eigenvalue weighted by molar-refractivity contribution is 5.92. The number of allylic oxidation sites excluding steroid dienone is 1. The molecule has 5 heteroatoms. The number of hydrazine groups is 1. The molecule has 0 aromatic carbocycles. The maximum absolute atomic E-state index is 11.3. The summed E-state index contributed by atoms with van der Waals surface area (Å²) in [5.74, 6) is -0.320. The third-order valence-corrected chi connectivity index (χ3v) is 3.58. The van der Waals surface area contributed by atoms with Gasteiger partial charge in [0.2, 0.25) is 5.91 Å². The number of carbonyl (C=O) groups excluding carboxylic acids is 1. The molecule has 96 valence electrons. The van der Waals surface area contributed by atoms with E-state index in [2.05, 4.69) is 33.1 Å². The number of hydrogen-bond acceptors (Lipinski definition) is 4. The molecule has 2 bridgehead atoms. The summed E-state index contributed by atoms with van der Waals surface area (Å²) in [5.41, 5.74) is 7.31. The molecule has 2 N–H and O–H groups in total. The fourth-order valence-electron chi connectivity index (χ4n) is 2.61. The largest absolute Gasteiger partial charge is 0.366 e. The van der Waals surface area contributed by atoms with Crippen LogP contribution < -0.4 is 5.73 Å². The molecule has 2 unspecified atom stereocenters. The van der Waals surface area contributed by atoms with Gasteiger partial charge in [-0.25, -0.2) is 5.01 Å². The van der Waals surface area contributed by atoms with Gasteiger partial charge in [-0.2, -0.15) is 0 Å². The molecule has 1 fully saturated rings. The lowest BCUT2D eigenvalue weighted by molar-refractivity contribution is -0.115. The summed E-state index contributed by atoms with van der Waals surface area (Å²) in [6.07, 6.45) is 10.2. The van der Waals surface area contributed by atoms with E-state index in [-0.39, 0.29) is 5.91 Å². The molecule has 5 nitrogen and oxygen atoms in total. The Bertz CT molecular complexity index is 452. The smallest absolute Gasteiger partial charge is 0.246 e. The normalized spacial score (nSPS) is 30.8. The highest BCUT2D eigenvalue weighted by Crippen LogP contribution is 2.26. The van der Waals surface area contributed by atoms with Crippen molar-refractivity contribution >= 4 is 5.91 Å². The number of fused-ring (bicyclic) bond motifs is 4. The lowest BCUT2D eigenvalue weighted by Gasteiger charge is -2.46. The number of rotatable bonds is 1. The average molecular weight is 246 g/mol. The monoisotopic (exact) mass is 246 g/mol. The highest BCUT2D eigenvalue weighted by atomic mass is 16.1. The van der Waals surface area contributed by atoms with Gasteiger partial charge in [-0.3, -0.25) is 14.7 Å². The van der Waals surface area contributed by atoms with Crippen LogP contribution in [0.4, 0.5) is 0 Å². The van der Waals surface area contributed by atoms with Crippen molar-refractivity contribution in [1.29, 1.82) is 0 Å². The maximum atomic E-state index is 11.3. The first kappa shape index (κ1) is 11.5. The van der Waals surface area contributed by atoms with Crippen LogP contribution in [0.25, 0.3) is 0 Å². The topological polar surface area (TPSA) is 52.8 Å². The Morgan fingerprint density at radius 1 is 1.33 bits per heavy atom. The second-order valence-electron chi connectivity index (χ2n) is 4.91. The summed E-state index contributed by atoms with van der Waals surface area (Å²) >= 11 is 0. The van der Waals surface area contributed by atoms with Gasteiger partial charge in [0.05, 0.1) is 6.67 Å². The van der Waals surface area contributed by atoms with E-state index in [1.54, 1.807) is 0 Å². The molecule has 3 heterocycles. The Morgan fingerprint density at radius 2 is 2.22 bits per heavy atom. The Kier molecular flexibility index (Phi) is 2.93. The zero-order valence-electron chi connectivity index (χ0n) is 10.4. The van der Waals surface area contributed by atoms with Crippen molar-refractivity contribution in [2.75, 3.05) is 26.3 Å². The van der Waals surface area contributed by atoms with Crippen LogP contribution in [-0.4, -0.2) is 47.1 Å². The van der Waals surface area contributed by atoms with Gasteiger partial charge in [0, 0.05) is 37.1 Å². The molecular formula is C13H18N4O. The predicted octanol–water partition coefficient (Wildman–Crippen LogP) is 0.395. The Labute approximate surface area is 107 Å². The lowest BCUT2D eigenvalue weighted by Crippen LogP contribution is -2.54. The number of nitrogens with zero attached hydrogens (tertiary/aromatic N) is 3. The fourth-order valence-corrected chi connectivity index (χ4v) is 2.61. The van der Waals surface area contributed by atoms with Gasteiger partial charge in [0.15, 0.2) is 0 Å². The standard InChI is InChI=1S/C13H18N4O/c14-13(18)11-4-5-12-9-15-6-2-1-3-7-16(10-15)17(12)8-11/h1-2,5,8H,3-4,6-7,9-10H2,(H2,14,18).